The molecule has 26 heavy (non-hydrogen) atoms. The lowest BCUT2D eigenvalue weighted by atomic mass is 10.0. The Morgan fingerprint density at radius 2 is 1.81 bits per heavy atom. The minimum atomic E-state index is -1.69. The lowest BCUT2D eigenvalue weighted by Crippen LogP contribution is -2.46. The number of aromatic nitrogens is 1. The second-order valence-electron chi connectivity index (χ2n) is 5.89. The summed E-state index contributed by atoms with van der Waals surface area (Å²) in [6, 6.07) is 7.96. The summed E-state index contributed by atoms with van der Waals surface area (Å²) >= 11 is 1.37. The van der Waals surface area contributed by atoms with Crippen molar-refractivity contribution < 1.29 is 25.5 Å². The zero-order valence-electron chi connectivity index (χ0n) is 14.5. The van der Waals surface area contributed by atoms with Crippen LogP contribution in [0.2, 0.25) is 0 Å². The first kappa shape index (κ1) is 20.4. The van der Waals surface area contributed by atoms with E-state index < -0.39 is 31.0 Å². The molecule has 1 aromatic carbocycles. The number of hydrogen-bond acceptors (Lipinski definition) is 9. The van der Waals surface area contributed by atoms with Gasteiger partial charge < -0.3 is 25.5 Å². The highest BCUT2D eigenvalue weighted by molar-refractivity contribution is 7.14. The van der Waals surface area contributed by atoms with Crippen LogP contribution in [0.5, 0.6) is 0 Å². The molecule has 1 aromatic heterocycles. The van der Waals surface area contributed by atoms with Crippen LogP contribution in [0.3, 0.4) is 0 Å². The molecule has 4 atom stereocenters. The summed E-state index contributed by atoms with van der Waals surface area (Å²) in [6.07, 6.45) is -5.43. The predicted molar refractivity (Wildman–Crippen MR) is 100 cm³/mol. The Labute approximate surface area is 155 Å². The van der Waals surface area contributed by atoms with E-state index in [4.69, 9.17) is 5.11 Å². The van der Waals surface area contributed by atoms with Gasteiger partial charge in [-0.3, -0.25) is 0 Å². The summed E-state index contributed by atoms with van der Waals surface area (Å²) in [5.74, 6) is 0. The molecule has 0 unspecified atom stereocenters. The highest BCUT2D eigenvalue weighted by Crippen LogP contribution is 2.27. The van der Waals surface area contributed by atoms with Crippen molar-refractivity contribution in [1.82, 2.24) is 4.98 Å². The molecule has 0 saturated heterocycles. The van der Waals surface area contributed by atoms with Crippen LogP contribution in [-0.4, -0.2) is 74.8 Å². The van der Waals surface area contributed by atoms with Gasteiger partial charge >= 0.3 is 0 Å². The third-order valence-corrected chi connectivity index (χ3v) is 4.70. The molecule has 0 aliphatic heterocycles. The van der Waals surface area contributed by atoms with Crippen LogP contribution in [-0.2, 0) is 0 Å². The van der Waals surface area contributed by atoms with Gasteiger partial charge in [0.2, 0.25) is 5.13 Å². The number of rotatable bonds is 8. The first-order valence-corrected chi connectivity index (χ1v) is 8.85. The van der Waals surface area contributed by atoms with Gasteiger partial charge in [0.05, 0.1) is 18.5 Å². The smallest absolute Gasteiger partial charge is 0.206 e. The van der Waals surface area contributed by atoms with Crippen molar-refractivity contribution in [2.45, 2.75) is 31.3 Å². The molecule has 0 spiro atoms. The van der Waals surface area contributed by atoms with Crippen molar-refractivity contribution in [3.05, 3.63) is 35.2 Å². The molecule has 0 aliphatic rings. The van der Waals surface area contributed by atoms with Gasteiger partial charge in [-0.1, -0.05) is 29.8 Å². The van der Waals surface area contributed by atoms with E-state index >= 15 is 0 Å². The van der Waals surface area contributed by atoms with Crippen LogP contribution in [0.4, 0.5) is 5.13 Å². The van der Waals surface area contributed by atoms with Gasteiger partial charge in [-0.25, -0.2) is 9.99 Å². The second-order valence-corrected chi connectivity index (χ2v) is 6.73. The van der Waals surface area contributed by atoms with Crippen molar-refractivity contribution in [3.63, 3.8) is 0 Å². The number of benzene rings is 1. The number of hydrazone groups is 1. The lowest BCUT2D eigenvalue weighted by molar-refractivity contribution is -0.0999. The summed E-state index contributed by atoms with van der Waals surface area (Å²) in [4.78, 5) is 4.47. The number of aliphatic hydroxyl groups is 5. The number of hydrogen-bond donors (Lipinski definition) is 5. The SMILES string of the molecule is Cc1ccc(-c2csc(N(C)/N=C\[C@H](O)[C@@H](O)[C@@H](O)[C@H](O)CO)n2)cc1. The number of aryl methyl sites for hydroxylation is 1. The second kappa shape index (κ2) is 9.17. The van der Waals surface area contributed by atoms with Crippen LogP contribution in [0.25, 0.3) is 11.3 Å². The van der Waals surface area contributed by atoms with E-state index in [0.29, 0.717) is 5.13 Å². The number of thiazole rings is 1. The van der Waals surface area contributed by atoms with Gasteiger partial charge in [0.1, 0.15) is 24.4 Å². The summed E-state index contributed by atoms with van der Waals surface area (Å²) in [6.45, 7) is 1.28. The van der Waals surface area contributed by atoms with Gasteiger partial charge in [0, 0.05) is 18.0 Å². The monoisotopic (exact) mass is 381 g/mol. The minimum Gasteiger partial charge on any atom is -0.394 e. The number of nitrogens with zero attached hydrogens (tertiary/aromatic N) is 3. The van der Waals surface area contributed by atoms with Crippen molar-refractivity contribution in [2.24, 2.45) is 5.10 Å². The van der Waals surface area contributed by atoms with Crippen LogP contribution >= 0.6 is 11.3 Å². The molecule has 8 nitrogen and oxygen atoms in total. The molecule has 0 saturated carbocycles. The minimum absolute atomic E-state index is 0.578. The molecule has 0 fully saturated rings. The molecular formula is C17H23N3O5S. The van der Waals surface area contributed by atoms with Gasteiger partial charge in [-0.05, 0) is 6.92 Å². The molecule has 5 N–H and O–H groups in total. The van der Waals surface area contributed by atoms with Crippen molar-refractivity contribution in [1.29, 1.82) is 0 Å². The topological polar surface area (TPSA) is 130 Å². The van der Waals surface area contributed by atoms with Crippen molar-refractivity contribution in [2.75, 3.05) is 18.7 Å². The zero-order chi connectivity index (χ0) is 19.3. The summed E-state index contributed by atoms with van der Waals surface area (Å²) in [7, 11) is 1.63. The standard InChI is InChI=1S/C17H23N3O5S/c1-10-3-5-11(6-4-10)12-9-26-17(19-12)20(2)18-7-13(22)15(24)16(25)14(23)8-21/h3-7,9,13-16,21-25H,8H2,1-2H3/b18-7-/t13-,14+,15+,16-/m0/s1. The fourth-order valence-electron chi connectivity index (χ4n) is 2.11. The molecule has 142 valence electrons. The Balaban J connectivity index is 2.02. The van der Waals surface area contributed by atoms with Gasteiger partial charge in [0.25, 0.3) is 0 Å². The Kier molecular flexibility index (Phi) is 7.21. The summed E-state index contributed by atoms with van der Waals surface area (Å²) in [5, 5.41) is 55.1. The first-order chi connectivity index (χ1) is 12.3. The van der Waals surface area contributed by atoms with Crippen LogP contribution in [0, 0.1) is 6.92 Å². The Morgan fingerprint density at radius 3 is 2.42 bits per heavy atom. The summed E-state index contributed by atoms with van der Waals surface area (Å²) in [5.41, 5.74) is 2.94. The fraction of sp³-hybridized carbons (Fsp3) is 0.412. The zero-order valence-corrected chi connectivity index (χ0v) is 15.3. The van der Waals surface area contributed by atoms with Crippen LogP contribution in [0.1, 0.15) is 5.56 Å². The molecule has 9 heteroatoms. The maximum Gasteiger partial charge on any atom is 0.206 e. The Bertz CT molecular complexity index is 721. The van der Waals surface area contributed by atoms with E-state index in [1.54, 1.807) is 7.05 Å². The van der Waals surface area contributed by atoms with Crippen molar-refractivity contribution >= 4 is 22.7 Å². The average molecular weight is 381 g/mol. The van der Waals surface area contributed by atoms with Crippen LogP contribution in [0.15, 0.2) is 34.7 Å². The molecule has 1 heterocycles. The summed E-state index contributed by atoms with van der Waals surface area (Å²) < 4.78 is 0. The maximum absolute atomic E-state index is 9.84. The quantitative estimate of drug-likeness (QED) is 0.321. The molecule has 0 amide bonds. The van der Waals surface area contributed by atoms with Crippen LogP contribution < -0.4 is 5.01 Å². The third-order valence-electron chi connectivity index (χ3n) is 3.79. The highest BCUT2D eigenvalue weighted by atomic mass is 32.1. The van der Waals surface area contributed by atoms with E-state index in [2.05, 4.69) is 10.1 Å². The molecule has 2 aromatic rings. The average Bonchev–Trinajstić information content (AvgIpc) is 3.14. The van der Waals surface area contributed by atoms with E-state index in [1.807, 2.05) is 36.6 Å². The fourth-order valence-corrected chi connectivity index (χ4v) is 2.87. The predicted octanol–water partition coefficient (Wildman–Crippen LogP) is -0.0236. The molecule has 0 bridgehead atoms. The van der Waals surface area contributed by atoms with E-state index in [1.165, 1.54) is 16.3 Å². The van der Waals surface area contributed by atoms with E-state index in [9.17, 15) is 20.4 Å². The largest absolute Gasteiger partial charge is 0.394 e. The lowest BCUT2D eigenvalue weighted by Gasteiger charge is -2.23. The van der Waals surface area contributed by atoms with Gasteiger partial charge in [0.15, 0.2) is 0 Å². The van der Waals surface area contributed by atoms with Gasteiger partial charge in [-0.15, -0.1) is 11.3 Å². The molecule has 0 radical (unpaired) electrons. The number of anilines is 1. The first-order valence-electron chi connectivity index (χ1n) is 7.97. The number of aliphatic hydroxyl groups excluding tert-OH is 5. The van der Waals surface area contributed by atoms with E-state index in [0.717, 1.165) is 23.0 Å². The van der Waals surface area contributed by atoms with Crippen molar-refractivity contribution in [3.8, 4) is 11.3 Å². The van der Waals surface area contributed by atoms with E-state index in [-0.39, 0.29) is 0 Å². The highest BCUT2D eigenvalue weighted by Gasteiger charge is 2.29. The maximum atomic E-state index is 9.84. The normalized spacial score (nSPS) is 16.4. The molecule has 2 rings (SSSR count). The molecular weight excluding hydrogens is 358 g/mol. The third kappa shape index (κ3) is 5.07. The molecule has 0 aliphatic carbocycles. The van der Waals surface area contributed by atoms with Gasteiger partial charge in [-0.2, -0.15) is 5.10 Å². The Morgan fingerprint density at radius 1 is 1.15 bits per heavy atom. The Hall–Kier alpha value is -1.88.